The third-order valence-electron chi connectivity index (χ3n) is 5.50. The third kappa shape index (κ3) is 4.10. The molecule has 31 heavy (non-hydrogen) atoms. The zero-order valence-corrected chi connectivity index (χ0v) is 17.0. The van der Waals surface area contributed by atoms with E-state index in [9.17, 15) is 4.79 Å². The summed E-state index contributed by atoms with van der Waals surface area (Å²) in [6.07, 6.45) is 2.63. The van der Waals surface area contributed by atoms with Gasteiger partial charge in [-0.1, -0.05) is 48.5 Å². The Hall–Kier alpha value is -3.41. The second kappa shape index (κ2) is 8.76. The molecule has 2 aliphatic heterocycles. The van der Waals surface area contributed by atoms with Gasteiger partial charge < -0.3 is 24.3 Å². The third-order valence-corrected chi connectivity index (χ3v) is 5.50. The van der Waals surface area contributed by atoms with E-state index in [1.165, 1.54) is 0 Å². The maximum Gasteiger partial charge on any atom is 0.139 e. The number of rotatable bonds is 5. The Labute approximate surface area is 181 Å². The number of ether oxygens (including phenoxy) is 3. The number of carbonyl (C=O) groups is 1. The largest absolute Gasteiger partial charge is 0.458 e. The lowest BCUT2D eigenvalue weighted by molar-refractivity contribution is -0.108. The number of benzene rings is 3. The predicted molar refractivity (Wildman–Crippen MR) is 119 cm³/mol. The molecule has 0 aromatic heterocycles. The van der Waals surface area contributed by atoms with E-state index < -0.39 is 0 Å². The lowest BCUT2D eigenvalue weighted by Crippen LogP contribution is -2.41. The molecule has 2 heterocycles. The Bertz CT molecular complexity index is 1090. The van der Waals surface area contributed by atoms with Gasteiger partial charge >= 0.3 is 0 Å². The molecule has 3 aromatic rings. The summed E-state index contributed by atoms with van der Waals surface area (Å²) in [4.78, 5) is 11.8. The summed E-state index contributed by atoms with van der Waals surface area (Å²) < 4.78 is 18.1. The summed E-state index contributed by atoms with van der Waals surface area (Å²) in [5.41, 5.74) is 2.79. The number of fused-ring (bicyclic) bond motifs is 1. The van der Waals surface area contributed by atoms with E-state index >= 15 is 0 Å². The molecule has 0 amide bonds. The molecule has 1 fully saturated rings. The van der Waals surface area contributed by atoms with Crippen molar-refractivity contribution >= 4 is 6.29 Å². The standard InChI is InChI=1S/C26H23NO4/c28-17-19-15-24(25-16-27-13-14-29-25)31-26-22(7-4-8-23(19)26)18-9-11-21(12-10-18)30-20-5-2-1-3-6-20/h1-12,15,17,19,25,27H,13-14,16H2. The first-order chi connectivity index (χ1) is 15.3. The molecule has 0 aliphatic carbocycles. The average molecular weight is 413 g/mol. The number of nitrogens with one attached hydrogen (secondary N) is 1. The van der Waals surface area contributed by atoms with Crippen LogP contribution < -0.4 is 14.8 Å². The van der Waals surface area contributed by atoms with Gasteiger partial charge in [0.25, 0.3) is 0 Å². The molecule has 0 spiro atoms. The lowest BCUT2D eigenvalue weighted by Gasteiger charge is -2.31. The average Bonchev–Trinajstić information content (AvgIpc) is 2.85. The van der Waals surface area contributed by atoms with Crippen molar-refractivity contribution < 1.29 is 19.0 Å². The molecular formula is C26H23NO4. The summed E-state index contributed by atoms with van der Waals surface area (Å²) >= 11 is 0. The molecule has 2 atom stereocenters. The number of aldehydes is 1. The highest BCUT2D eigenvalue weighted by atomic mass is 16.5. The molecule has 5 nitrogen and oxygen atoms in total. The summed E-state index contributed by atoms with van der Waals surface area (Å²) in [5.74, 6) is 2.59. The first-order valence-electron chi connectivity index (χ1n) is 10.5. The highest BCUT2D eigenvalue weighted by Crippen LogP contribution is 2.42. The van der Waals surface area contributed by atoms with E-state index in [1.54, 1.807) is 0 Å². The fourth-order valence-electron chi connectivity index (χ4n) is 3.94. The summed E-state index contributed by atoms with van der Waals surface area (Å²) in [6.45, 7) is 2.11. The van der Waals surface area contributed by atoms with Gasteiger partial charge in [0.05, 0.1) is 12.5 Å². The number of hydrogen-bond acceptors (Lipinski definition) is 5. The monoisotopic (exact) mass is 413 g/mol. The maximum absolute atomic E-state index is 11.8. The fourth-order valence-corrected chi connectivity index (χ4v) is 3.94. The van der Waals surface area contributed by atoms with Crippen molar-refractivity contribution in [1.82, 2.24) is 5.32 Å². The smallest absolute Gasteiger partial charge is 0.139 e. The van der Waals surface area contributed by atoms with Crippen LogP contribution in [-0.2, 0) is 9.53 Å². The molecule has 2 unspecified atom stereocenters. The van der Waals surface area contributed by atoms with E-state index in [1.807, 2.05) is 78.9 Å². The number of para-hydroxylation sites is 2. The van der Waals surface area contributed by atoms with Crippen LogP contribution in [0.15, 0.2) is 84.6 Å². The minimum Gasteiger partial charge on any atom is -0.458 e. The second-order valence-electron chi connectivity index (χ2n) is 7.56. The van der Waals surface area contributed by atoms with Crippen molar-refractivity contribution in [1.29, 1.82) is 0 Å². The molecule has 1 saturated heterocycles. The Morgan fingerprint density at radius 2 is 1.74 bits per heavy atom. The Balaban J connectivity index is 1.45. The molecule has 1 N–H and O–H groups in total. The van der Waals surface area contributed by atoms with E-state index in [-0.39, 0.29) is 12.0 Å². The molecule has 2 aliphatic rings. The number of morpholine rings is 1. The highest BCUT2D eigenvalue weighted by Gasteiger charge is 2.29. The molecule has 3 aromatic carbocycles. The van der Waals surface area contributed by atoms with Crippen molar-refractivity contribution in [3.05, 3.63) is 90.2 Å². The van der Waals surface area contributed by atoms with E-state index in [0.29, 0.717) is 24.7 Å². The van der Waals surface area contributed by atoms with Crippen molar-refractivity contribution in [3.63, 3.8) is 0 Å². The number of carbonyl (C=O) groups excluding carboxylic acids is 1. The first-order valence-corrected chi connectivity index (χ1v) is 10.5. The highest BCUT2D eigenvalue weighted by molar-refractivity contribution is 5.78. The Morgan fingerprint density at radius 3 is 2.48 bits per heavy atom. The van der Waals surface area contributed by atoms with Crippen molar-refractivity contribution in [2.45, 2.75) is 12.0 Å². The topological polar surface area (TPSA) is 56.8 Å². The summed E-state index contributed by atoms with van der Waals surface area (Å²) in [7, 11) is 0. The van der Waals surface area contributed by atoms with Crippen LogP contribution in [0.5, 0.6) is 17.2 Å². The van der Waals surface area contributed by atoms with Gasteiger partial charge in [0, 0.05) is 24.2 Å². The van der Waals surface area contributed by atoms with Crippen molar-refractivity contribution in [2.24, 2.45) is 0 Å². The first kappa shape index (κ1) is 19.5. The van der Waals surface area contributed by atoms with Gasteiger partial charge in [0.15, 0.2) is 0 Å². The molecule has 0 bridgehead atoms. The predicted octanol–water partition coefficient (Wildman–Crippen LogP) is 4.69. The minimum atomic E-state index is -0.357. The van der Waals surface area contributed by atoms with Crippen LogP contribution >= 0.6 is 0 Å². The van der Waals surface area contributed by atoms with Crippen LogP contribution in [-0.4, -0.2) is 32.1 Å². The summed E-state index contributed by atoms with van der Waals surface area (Å²) in [6, 6.07) is 23.5. The van der Waals surface area contributed by atoms with Crippen LogP contribution in [0.4, 0.5) is 0 Å². The minimum absolute atomic E-state index is 0.195. The summed E-state index contributed by atoms with van der Waals surface area (Å²) in [5, 5.41) is 3.31. The second-order valence-corrected chi connectivity index (χ2v) is 7.56. The fraction of sp³-hybridized carbons (Fsp3) is 0.192. The van der Waals surface area contributed by atoms with Crippen LogP contribution in [0.2, 0.25) is 0 Å². The lowest BCUT2D eigenvalue weighted by atomic mass is 9.91. The molecule has 0 radical (unpaired) electrons. The van der Waals surface area contributed by atoms with Gasteiger partial charge in [-0.05, 0) is 35.9 Å². The molecule has 5 rings (SSSR count). The zero-order chi connectivity index (χ0) is 21.0. The van der Waals surface area contributed by atoms with E-state index in [2.05, 4.69) is 5.32 Å². The van der Waals surface area contributed by atoms with E-state index in [4.69, 9.17) is 14.2 Å². The molecule has 0 saturated carbocycles. The number of hydrogen-bond donors (Lipinski definition) is 1. The molecule has 5 heteroatoms. The SMILES string of the molecule is O=CC1C=C(C2CNCCO2)Oc2c(-c3ccc(Oc4ccccc4)cc3)cccc21. The van der Waals surface area contributed by atoms with Crippen LogP contribution in [0.25, 0.3) is 11.1 Å². The number of allylic oxidation sites excluding steroid dienone is 1. The quantitative estimate of drug-likeness (QED) is 0.615. The van der Waals surface area contributed by atoms with Crippen molar-refractivity contribution in [3.8, 4) is 28.4 Å². The Morgan fingerprint density at radius 1 is 0.935 bits per heavy atom. The Kier molecular flexibility index (Phi) is 5.52. The van der Waals surface area contributed by atoms with Gasteiger partial charge in [-0.25, -0.2) is 0 Å². The van der Waals surface area contributed by atoms with Gasteiger partial charge in [-0.15, -0.1) is 0 Å². The maximum atomic E-state index is 11.8. The van der Waals surface area contributed by atoms with Gasteiger partial charge in [-0.3, -0.25) is 0 Å². The van der Waals surface area contributed by atoms with Gasteiger partial charge in [0.2, 0.25) is 0 Å². The van der Waals surface area contributed by atoms with Crippen LogP contribution in [0.3, 0.4) is 0 Å². The van der Waals surface area contributed by atoms with Gasteiger partial charge in [0.1, 0.15) is 35.4 Å². The molecule has 156 valence electrons. The van der Waals surface area contributed by atoms with Crippen molar-refractivity contribution in [2.75, 3.05) is 19.7 Å². The van der Waals surface area contributed by atoms with E-state index in [0.717, 1.165) is 41.0 Å². The van der Waals surface area contributed by atoms with Crippen LogP contribution in [0, 0.1) is 0 Å². The van der Waals surface area contributed by atoms with Gasteiger partial charge in [-0.2, -0.15) is 0 Å². The normalized spacial score (nSPS) is 20.2. The van der Waals surface area contributed by atoms with Crippen LogP contribution in [0.1, 0.15) is 11.5 Å². The molecular weight excluding hydrogens is 390 g/mol. The zero-order valence-electron chi connectivity index (χ0n) is 17.0.